The van der Waals surface area contributed by atoms with Crippen molar-refractivity contribution in [3.63, 3.8) is 0 Å². The summed E-state index contributed by atoms with van der Waals surface area (Å²) in [5.41, 5.74) is 21.3. The van der Waals surface area contributed by atoms with Crippen molar-refractivity contribution in [2.24, 2.45) is 0 Å². The number of anilines is 3. The highest BCUT2D eigenvalue weighted by Crippen LogP contribution is 2.62. The van der Waals surface area contributed by atoms with E-state index in [1.54, 1.807) is 0 Å². The maximum Gasteiger partial charge on any atom is 0.135 e. The van der Waals surface area contributed by atoms with E-state index in [-0.39, 0.29) is 0 Å². The molecule has 1 aromatic heterocycles. The van der Waals surface area contributed by atoms with Crippen molar-refractivity contribution >= 4 is 39.0 Å². The summed E-state index contributed by atoms with van der Waals surface area (Å²) in [6.45, 7) is 4.37. The average molecular weight is 832 g/mol. The molecule has 0 radical (unpaired) electrons. The molecule has 0 aliphatic heterocycles. The van der Waals surface area contributed by atoms with Gasteiger partial charge in [0.05, 0.1) is 5.41 Å². The standard InChI is InChI=1S/C63H45NO/c1-42-27-32-48(33-28-42)63(49-34-29-43(2)30-35-49)57-39-47(46-31-36-60-56(37-46)53-25-15-16-26-59(53)65-60)38-54(44-17-7-3-8-18-44)61(57)62-55(45-19-9-4-10-20-45)40-52(41-58(62)63)64(50-21-11-5-12-22-50)51-23-13-6-14-24-51/h3-41H,1-2H3. The zero-order valence-corrected chi connectivity index (χ0v) is 36.4. The fraction of sp³-hybridized carbons (Fsp3) is 0.0476. The maximum atomic E-state index is 6.37. The minimum Gasteiger partial charge on any atom is -0.456 e. The van der Waals surface area contributed by atoms with Crippen LogP contribution < -0.4 is 4.90 Å². The third-order valence-corrected chi connectivity index (χ3v) is 13.5. The average Bonchev–Trinajstić information content (AvgIpc) is 3.89. The molecule has 1 aliphatic carbocycles. The number of para-hydroxylation sites is 3. The molecule has 0 amide bonds. The van der Waals surface area contributed by atoms with E-state index >= 15 is 0 Å². The molecule has 308 valence electrons. The monoisotopic (exact) mass is 831 g/mol. The molecule has 0 unspecified atom stereocenters. The van der Waals surface area contributed by atoms with Gasteiger partial charge in [-0.1, -0.05) is 181 Å². The summed E-state index contributed by atoms with van der Waals surface area (Å²) in [6.07, 6.45) is 0. The van der Waals surface area contributed by atoms with Crippen molar-refractivity contribution in [2.45, 2.75) is 19.3 Å². The van der Waals surface area contributed by atoms with Crippen LogP contribution in [0.15, 0.2) is 241 Å². The Bertz CT molecular complexity index is 3430. The van der Waals surface area contributed by atoms with E-state index in [0.717, 1.165) is 50.1 Å². The summed E-state index contributed by atoms with van der Waals surface area (Å²) < 4.78 is 6.37. The lowest BCUT2D eigenvalue weighted by Crippen LogP contribution is -2.29. The Morgan fingerprint density at radius 3 is 1.38 bits per heavy atom. The van der Waals surface area contributed by atoms with Crippen LogP contribution in [0.4, 0.5) is 17.1 Å². The van der Waals surface area contributed by atoms with Gasteiger partial charge < -0.3 is 9.32 Å². The summed E-state index contributed by atoms with van der Waals surface area (Å²) in [7, 11) is 0. The predicted octanol–water partition coefficient (Wildman–Crippen LogP) is 17.0. The van der Waals surface area contributed by atoms with Gasteiger partial charge in [0.25, 0.3) is 0 Å². The Morgan fingerprint density at radius 2 is 0.815 bits per heavy atom. The number of aryl methyl sites for hydroxylation is 2. The molecule has 0 saturated heterocycles. The van der Waals surface area contributed by atoms with E-state index in [9.17, 15) is 0 Å². The Hall–Kier alpha value is -8.20. The quantitative estimate of drug-likeness (QED) is 0.152. The molecule has 2 heteroatoms. The van der Waals surface area contributed by atoms with E-state index in [4.69, 9.17) is 4.42 Å². The van der Waals surface area contributed by atoms with Crippen LogP contribution in [0, 0.1) is 13.8 Å². The molecule has 0 N–H and O–H groups in total. The van der Waals surface area contributed by atoms with Gasteiger partial charge in [0.15, 0.2) is 0 Å². The highest BCUT2D eigenvalue weighted by atomic mass is 16.3. The third kappa shape index (κ3) is 6.32. The van der Waals surface area contributed by atoms with Crippen LogP contribution in [0.3, 0.4) is 0 Å². The number of fused-ring (bicyclic) bond motifs is 6. The van der Waals surface area contributed by atoms with Crippen LogP contribution in [-0.2, 0) is 5.41 Å². The van der Waals surface area contributed by atoms with Crippen LogP contribution >= 0.6 is 0 Å². The van der Waals surface area contributed by atoms with Crippen LogP contribution in [-0.4, -0.2) is 0 Å². The summed E-state index contributed by atoms with van der Waals surface area (Å²) in [5, 5.41) is 2.24. The van der Waals surface area contributed by atoms with Gasteiger partial charge in [-0.05, 0) is 147 Å². The smallest absolute Gasteiger partial charge is 0.135 e. The molecule has 12 rings (SSSR count). The van der Waals surface area contributed by atoms with Crippen molar-refractivity contribution in [1.82, 2.24) is 0 Å². The molecule has 0 spiro atoms. The summed E-state index contributed by atoms with van der Waals surface area (Å²) in [4.78, 5) is 2.42. The van der Waals surface area contributed by atoms with E-state index in [2.05, 4.69) is 249 Å². The Kier molecular flexibility index (Phi) is 9.21. The Morgan fingerprint density at radius 1 is 0.338 bits per heavy atom. The van der Waals surface area contributed by atoms with E-state index in [1.165, 1.54) is 66.8 Å². The third-order valence-electron chi connectivity index (χ3n) is 13.5. The lowest BCUT2D eigenvalue weighted by Gasteiger charge is -2.36. The SMILES string of the molecule is Cc1ccc(C2(c3ccc(C)cc3)c3cc(-c4ccc5oc6ccccc6c5c4)cc(-c4ccccc4)c3-c3c(-c4ccccc4)cc(N(c4ccccc4)c4ccccc4)cc32)cc1. The zero-order chi connectivity index (χ0) is 43.5. The first-order valence-electron chi connectivity index (χ1n) is 22.5. The predicted molar refractivity (Wildman–Crippen MR) is 271 cm³/mol. The first-order chi connectivity index (χ1) is 32.0. The zero-order valence-electron chi connectivity index (χ0n) is 36.4. The second-order valence-corrected chi connectivity index (χ2v) is 17.4. The summed E-state index contributed by atoms with van der Waals surface area (Å²) in [5.74, 6) is 0. The normalized spacial score (nSPS) is 12.6. The van der Waals surface area contributed by atoms with Gasteiger partial charge in [-0.25, -0.2) is 0 Å². The molecular weight excluding hydrogens is 787 g/mol. The van der Waals surface area contributed by atoms with E-state index in [0.29, 0.717) is 0 Å². The number of hydrogen-bond donors (Lipinski definition) is 0. The summed E-state index contributed by atoms with van der Waals surface area (Å²) >= 11 is 0. The van der Waals surface area contributed by atoms with Crippen molar-refractivity contribution in [3.05, 3.63) is 270 Å². The largest absolute Gasteiger partial charge is 0.456 e. The number of benzene rings is 10. The number of rotatable bonds is 8. The van der Waals surface area contributed by atoms with Gasteiger partial charge >= 0.3 is 0 Å². The van der Waals surface area contributed by atoms with Crippen LogP contribution in [0.2, 0.25) is 0 Å². The van der Waals surface area contributed by atoms with Crippen LogP contribution in [0.5, 0.6) is 0 Å². The lowest BCUT2D eigenvalue weighted by atomic mass is 9.66. The minimum atomic E-state index is -0.726. The van der Waals surface area contributed by atoms with Gasteiger partial charge in [-0.3, -0.25) is 0 Å². The van der Waals surface area contributed by atoms with Crippen molar-refractivity contribution < 1.29 is 4.42 Å². The van der Waals surface area contributed by atoms with Crippen LogP contribution in [0.25, 0.3) is 66.4 Å². The maximum absolute atomic E-state index is 6.37. The van der Waals surface area contributed by atoms with E-state index in [1.807, 2.05) is 6.07 Å². The summed E-state index contributed by atoms with van der Waals surface area (Å²) in [6, 6.07) is 87.1. The fourth-order valence-corrected chi connectivity index (χ4v) is 10.4. The molecule has 0 saturated carbocycles. The number of furan rings is 1. The van der Waals surface area contributed by atoms with Gasteiger partial charge in [0.1, 0.15) is 11.2 Å². The second-order valence-electron chi connectivity index (χ2n) is 17.4. The molecule has 1 aliphatic rings. The second kappa shape index (κ2) is 15.6. The van der Waals surface area contributed by atoms with Crippen molar-refractivity contribution in [2.75, 3.05) is 4.90 Å². The molecule has 65 heavy (non-hydrogen) atoms. The Labute approximate surface area is 380 Å². The molecule has 0 atom stereocenters. The molecule has 2 nitrogen and oxygen atoms in total. The first-order valence-corrected chi connectivity index (χ1v) is 22.5. The molecule has 11 aromatic rings. The van der Waals surface area contributed by atoms with E-state index < -0.39 is 5.41 Å². The number of nitrogens with zero attached hydrogens (tertiary/aromatic N) is 1. The van der Waals surface area contributed by atoms with Gasteiger partial charge in [-0.2, -0.15) is 0 Å². The minimum absolute atomic E-state index is 0.726. The molecule has 1 heterocycles. The number of hydrogen-bond acceptors (Lipinski definition) is 2. The molecule has 0 fully saturated rings. The first kappa shape index (κ1) is 38.5. The van der Waals surface area contributed by atoms with Crippen LogP contribution in [0.1, 0.15) is 33.4 Å². The highest BCUT2D eigenvalue weighted by molar-refractivity contribution is 6.08. The topological polar surface area (TPSA) is 16.4 Å². The van der Waals surface area contributed by atoms with Gasteiger partial charge in [-0.15, -0.1) is 0 Å². The molecule has 10 aromatic carbocycles. The fourth-order valence-electron chi connectivity index (χ4n) is 10.4. The lowest BCUT2D eigenvalue weighted by molar-refractivity contribution is 0.669. The molecule has 0 bridgehead atoms. The Balaban J connectivity index is 1.27. The van der Waals surface area contributed by atoms with Gasteiger partial charge in [0.2, 0.25) is 0 Å². The van der Waals surface area contributed by atoms with Crippen molar-refractivity contribution in [1.29, 1.82) is 0 Å². The highest BCUT2D eigenvalue weighted by Gasteiger charge is 2.49. The molecular formula is C63H45NO. The van der Waals surface area contributed by atoms with Gasteiger partial charge in [0, 0.05) is 27.8 Å². The van der Waals surface area contributed by atoms with Crippen molar-refractivity contribution in [3.8, 4) is 44.5 Å².